The van der Waals surface area contributed by atoms with Crippen LogP contribution in [0.25, 0.3) is 0 Å². The van der Waals surface area contributed by atoms with E-state index in [1.165, 1.54) is 5.57 Å². The Morgan fingerprint density at radius 2 is 1.48 bits per heavy atom. The quantitative estimate of drug-likeness (QED) is 0.499. The minimum absolute atomic E-state index is 0. The number of hydrogen-bond acceptors (Lipinski definition) is 0. The highest BCUT2D eigenvalue weighted by Gasteiger charge is 2.27. The van der Waals surface area contributed by atoms with E-state index in [2.05, 4.69) is 19.9 Å². The van der Waals surface area contributed by atoms with Gasteiger partial charge in [-0.15, -0.1) is 0 Å². The SMILES string of the molecule is C.CC1=CCC(c2ccc(C3CCC(C)CC3)c(F)c2F)CC1.[HH]. The van der Waals surface area contributed by atoms with Crippen LogP contribution < -0.4 is 0 Å². The lowest BCUT2D eigenvalue weighted by molar-refractivity contribution is 0.338. The van der Waals surface area contributed by atoms with Crippen LogP contribution in [0.2, 0.25) is 0 Å². The van der Waals surface area contributed by atoms with Gasteiger partial charge in [-0.05, 0) is 67.9 Å². The van der Waals surface area contributed by atoms with Gasteiger partial charge in [-0.3, -0.25) is 0 Å². The Balaban J connectivity index is 0.00000144. The Hall–Kier alpha value is -1.18. The summed E-state index contributed by atoms with van der Waals surface area (Å²) in [5, 5.41) is 0. The van der Waals surface area contributed by atoms with Crippen LogP contribution in [-0.2, 0) is 0 Å². The van der Waals surface area contributed by atoms with Crippen LogP contribution in [0.3, 0.4) is 0 Å². The molecule has 0 spiro atoms. The van der Waals surface area contributed by atoms with Gasteiger partial charge in [-0.1, -0.05) is 51.0 Å². The zero-order valence-electron chi connectivity index (χ0n) is 13.7. The molecule has 3 rings (SSSR count). The molecule has 0 heterocycles. The molecule has 1 aromatic rings. The van der Waals surface area contributed by atoms with Crippen molar-refractivity contribution in [3.05, 3.63) is 46.5 Å². The van der Waals surface area contributed by atoms with Crippen molar-refractivity contribution in [3.63, 3.8) is 0 Å². The summed E-state index contributed by atoms with van der Waals surface area (Å²) < 4.78 is 29.2. The van der Waals surface area contributed by atoms with E-state index >= 15 is 0 Å². The lowest BCUT2D eigenvalue weighted by Crippen LogP contribution is -2.14. The zero-order chi connectivity index (χ0) is 15.7. The van der Waals surface area contributed by atoms with Crippen molar-refractivity contribution in [1.82, 2.24) is 0 Å². The molecule has 0 amide bonds. The van der Waals surface area contributed by atoms with Crippen LogP contribution in [0.5, 0.6) is 0 Å². The molecule has 0 radical (unpaired) electrons. The smallest absolute Gasteiger partial charge is 0.162 e. The predicted octanol–water partition coefficient (Wildman–Crippen LogP) is 7.35. The minimum atomic E-state index is -0.589. The second-order valence-electron chi connectivity index (χ2n) is 7.35. The number of rotatable bonds is 2. The second kappa shape index (κ2) is 7.59. The summed E-state index contributed by atoms with van der Waals surface area (Å²) in [4.78, 5) is 0. The molecular formula is C21H32F2. The average molecular weight is 322 g/mol. The monoisotopic (exact) mass is 322 g/mol. The molecule has 0 saturated heterocycles. The van der Waals surface area contributed by atoms with E-state index in [0.717, 1.165) is 50.9 Å². The zero-order valence-corrected chi connectivity index (χ0v) is 13.7. The standard InChI is InChI=1S/C20H26F2.CH4.H2/c1-13-3-7-15(8-4-13)17-11-12-18(20(22)19(17)21)16-9-5-14(2)6-10-16;;/h3,11-12,14-16H,4-10H2,1-2H3;1H4;1H. The van der Waals surface area contributed by atoms with Gasteiger partial charge in [0.25, 0.3) is 0 Å². The summed E-state index contributed by atoms with van der Waals surface area (Å²) in [6.45, 7) is 4.36. The Morgan fingerprint density at radius 1 is 0.913 bits per heavy atom. The molecule has 0 bridgehead atoms. The third kappa shape index (κ3) is 3.84. The molecule has 0 aromatic heterocycles. The number of halogens is 2. The minimum Gasteiger partial charge on any atom is -0.203 e. The normalized spacial score (nSPS) is 28.0. The first kappa shape index (κ1) is 18.2. The highest BCUT2D eigenvalue weighted by molar-refractivity contribution is 5.32. The fourth-order valence-electron chi connectivity index (χ4n) is 4.03. The highest BCUT2D eigenvalue weighted by atomic mass is 19.2. The maximum Gasteiger partial charge on any atom is 0.162 e. The molecular weight excluding hydrogens is 290 g/mol. The molecule has 1 aromatic carbocycles. The Morgan fingerprint density at radius 3 is 2.00 bits per heavy atom. The van der Waals surface area contributed by atoms with Crippen LogP contribution in [0.4, 0.5) is 8.78 Å². The Bertz CT molecular complexity index is 571. The second-order valence-corrected chi connectivity index (χ2v) is 7.35. The van der Waals surface area contributed by atoms with Gasteiger partial charge in [0, 0.05) is 1.43 Å². The Kier molecular flexibility index (Phi) is 6.00. The Labute approximate surface area is 141 Å². The molecule has 23 heavy (non-hydrogen) atoms. The van der Waals surface area contributed by atoms with Crippen molar-refractivity contribution >= 4 is 0 Å². The molecule has 1 unspecified atom stereocenters. The summed E-state index contributed by atoms with van der Waals surface area (Å²) in [7, 11) is 0. The molecule has 130 valence electrons. The molecule has 2 aliphatic carbocycles. The van der Waals surface area contributed by atoms with Gasteiger partial charge in [-0.25, -0.2) is 8.78 Å². The van der Waals surface area contributed by atoms with Crippen molar-refractivity contribution < 1.29 is 10.2 Å². The third-order valence-corrected chi connectivity index (χ3v) is 5.68. The van der Waals surface area contributed by atoms with Crippen molar-refractivity contribution in [2.75, 3.05) is 0 Å². The highest BCUT2D eigenvalue weighted by Crippen LogP contribution is 2.40. The topological polar surface area (TPSA) is 0 Å². The lowest BCUT2D eigenvalue weighted by Gasteiger charge is -2.28. The van der Waals surface area contributed by atoms with Gasteiger partial charge in [0.05, 0.1) is 0 Å². The van der Waals surface area contributed by atoms with Crippen LogP contribution in [0, 0.1) is 17.6 Å². The van der Waals surface area contributed by atoms with Crippen LogP contribution >= 0.6 is 0 Å². The van der Waals surface area contributed by atoms with Gasteiger partial charge in [-0.2, -0.15) is 0 Å². The van der Waals surface area contributed by atoms with Crippen LogP contribution in [0.1, 0.15) is 90.6 Å². The van der Waals surface area contributed by atoms with Crippen molar-refractivity contribution in [3.8, 4) is 0 Å². The fraction of sp³-hybridized carbons (Fsp3) is 0.619. The maximum atomic E-state index is 14.6. The van der Waals surface area contributed by atoms with Crippen molar-refractivity contribution in [2.24, 2.45) is 5.92 Å². The molecule has 0 aliphatic heterocycles. The van der Waals surface area contributed by atoms with Crippen molar-refractivity contribution in [2.45, 2.75) is 78.1 Å². The summed E-state index contributed by atoms with van der Waals surface area (Å²) in [6.07, 6.45) is 9.15. The number of allylic oxidation sites excluding steroid dienone is 2. The lowest BCUT2D eigenvalue weighted by atomic mass is 9.78. The van der Waals surface area contributed by atoms with Gasteiger partial charge in [0.2, 0.25) is 0 Å². The molecule has 1 saturated carbocycles. The number of benzene rings is 1. The maximum absolute atomic E-state index is 14.6. The first-order valence-electron chi connectivity index (χ1n) is 8.69. The van der Waals surface area contributed by atoms with Gasteiger partial charge >= 0.3 is 0 Å². The fourth-order valence-corrected chi connectivity index (χ4v) is 4.03. The van der Waals surface area contributed by atoms with E-state index in [1.54, 1.807) is 0 Å². The number of hydrogen-bond donors (Lipinski definition) is 0. The molecule has 1 fully saturated rings. The summed E-state index contributed by atoms with van der Waals surface area (Å²) >= 11 is 0. The van der Waals surface area contributed by atoms with Crippen LogP contribution in [0.15, 0.2) is 23.8 Å². The van der Waals surface area contributed by atoms with E-state index in [0.29, 0.717) is 11.1 Å². The molecule has 2 heteroatoms. The molecule has 2 aliphatic rings. The molecule has 1 atom stereocenters. The first-order chi connectivity index (χ1) is 10.6. The van der Waals surface area contributed by atoms with Gasteiger partial charge in [0.15, 0.2) is 11.6 Å². The largest absolute Gasteiger partial charge is 0.203 e. The first-order valence-corrected chi connectivity index (χ1v) is 8.69. The summed E-state index contributed by atoms with van der Waals surface area (Å²) in [5.41, 5.74) is 2.55. The van der Waals surface area contributed by atoms with Crippen LogP contribution in [-0.4, -0.2) is 0 Å². The van der Waals surface area contributed by atoms with E-state index in [9.17, 15) is 8.78 Å². The summed E-state index contributed by atoms with van der Waals surface area (Å²) in [6, 6.07) is 3.71. The van der Waals surface area contributed by atoms with E-state index in [1.807, 2.05) is 12.1 Å². The van der Waals surface area contributed by atoms with E-state index < -0.39 is 11.6 Å². The van der Waals surface area contributed by atoms with Gasteiger partial charge < -0.3 is 0 Å². The predicted molar refractivity (Wildman–Crippen MR) is 95.9 cm³/mol. The molecule has 0 nitrogen and oxygen atoms in total. The van der Waals surface area contributed by atoms with Crippen molar-refractivity contribution in [1.29, 1.82) is 0 Å². The van der Waals surface area contributed by atoms with E-state index in [-0.39, 0.29) is 20.7 Å². The average Bonchev–Trinajstić information content (AvgIpc) is 2.52. The molecule has 0 N–H and O–H groups in total. The summed E-state index contributed by atoms with van der Waals surface area (Å²) in [5.74, 6) is -0.107. The van der Waals surface area contributed by atoms with E-state index in [4.69, 9.17) is 0 Å². The van der Waals surface area contributed by atoms with Gasteiger partial charge in [0.1, 0.15) is 0 Å². The third-order valence-electron chi connectivity index (χ3n) is 5.68.